The van der Waals surface area contributed by atoms with E-state index < -0.39 is 11.4 Å². The standard InChI is InChI=1S/C21H31N3O3S/c1-13-11-16(14(2)23-28(26)21(3,4)5)18-17(12-13)20(25)24(6)19(22-18)15-7-9-27-10-8-15/h11-12,14-15,23H,7-10H2,1-6H3/t14-,28?/m1/s1. The van der Waals surface area contributed by atoms with Gasteiger partial charge in [0.05, 0.1) is 16.9 Å². The Hall–Kier alpha value is -1.41. The van der Waals surface area contributed by atoms with Gasteiger partial charge in [-0.1, -0.05) is 6.07 Å². The topological polar surface area (TPSA) is 79.2 Å². The first-order valence-electron chi connectivity index (χ1n) is 9.86. The summed E-state index contributed by atoms with van der Waals surface area (Å²) < 4.78 is 22.6. The van der Waals surface area contributed by atoms with Gasteiger partial charge in [-0.25, -0.2) is 4.98 Å². The number of benzene rings is 1. The minimum Gasteiger partial charge on any atom is -0.598 e. The van der Waals surface area contributed by atoms with E-state index in [9.17, 15) is 9.35 Å². The highest BCUT2D eigenvalue weighted by molar-refractivity contribution is 7.90. The fourth-order valence-electron chi connectivity index (χ4n) is 3.62. The van der Waals surface area contributed by atoms with Crippen molar-refractivity contribution in [2.45, 2.75) is 64.2 Å². The minimum absolute atomic E-state index is 0.0272. The number of aromatic nitrogens is 2. The molecule has 1 fully saturated rings. The molecule has 2 atom stereocenters. The summed E-state index contributed by atoms with van der Waals surface area (Å²) in [5.74, 6) is 1.03. The van der Waals surface area contributed by atoms with Crippen LogP contribution in [0.1, 0.15) is 69.4 Å². The molecule has 1 aliphatic rings. The van der Waals surface area contributed by atoms with Crippen molar-refractivity contribution in [1.82, 2.24) is 14.3 Å². The van der Waals surface area contributed by atoms with Crippen LogP contribution in [-0.4, -0.2) is 32.1 Å². The first-order valence-corrected chi connectivity index (χ1v) is 11.0. The van der Waals surface area contributed by atoms with Gasteiger partial charge in [0.2, 0.25) is 0 Å². The molecule has 6 nitrogen and oxygen atoms in total. The molecule has 154 valence electrons. The van der Waals surface area contributed by atoms with Crippen LogP contribution >= 0.6 is 0 Å². The molecule has 0 amide bonds. The summed E-state index contributed by atoms with van der Waals surface area (Å²) in [7, 11) is 1.80. The summed E-state index contributed by atoms with van der Waals surface area (Å²) in [6.45, 7) is 11.2. The van der Waals surface area contributed by atoms with Gasteiger partial charge in [0.15, 0.2) is 0 Å². The van der Waals surface area contributed by atoms with Crippen molar-refractivity contribution in [2.75, 3.05) is 13.2 Å². The Morgan fingerprint density at radius 3 is 2.57 bits per heavy atom. The van der Waals surface area contributed by atoms with Crippen molar-refractivity contribution in [1.29, 1.82) is 0 Å². The molecule has 3 rings (SSSR count). The molecule has 0 saturated carbocycles. The van der Waals surface area contributed by atoms with E-state index in [1.54, 1.807) is 11.6 Å². The first-order chi connectivity index (χ1) is 13.1. The van der Waals surface area contributed by atoms with Gasteiger partial charge in [0.25, 0.3) is 5.56 Å². The normalized spacial score (nSPS) is 18.4. The average Bonchev–Trinajstić information content (AvgIpc) is 2.64. The van der Waals surface area contributed by atoms with Crippen LogP contribution in [0.3, 0.4) is 0 Å². The van der Waals surface area contributed by atoms with E-state index in [1.165, 1.54) is 0 Å². The molecule has 0 radical (unpaired) electrons. The Labute approximate surface area is 170 Å². The number of ether oxygens (including phenoxy) is 1. The Bertz CT molecular complexity index is 914. The highest BCUT2D eigenvalue weighted by Gasteiger charge is 2.30. The van der Waals surface area contributed by atoms with Crippen molar-refractivity contribution in [3.8, 4) is 0 Å². The molecule has 1 aromatic heterocycles. The van der Waals surface area contributed by atoms with Gasteiger partial charge in [0, 0.05) is 43.1 Å². The Kier molecular flexibility index (Phi) is 6.20. The van der Waals surface area contributed by atoms with Gasteiger partial charge in [0.1, 0.15) is 10.6 Å². The molecule has 1 unspecified atom stereocenters. The maximum absolute atomic E-state index is 13.1. The lowest BCUT2D eigenvalue weighted by Crippen LogP contribution is -2.40. The Balaban J connectivity index is 2.12. The Morgan fingerprint density at radius 2 is 1.96 bits per heavy atom. The molecule has 1 saturated heterocycles. The van der Waals surface area contributed by atoms with E-state index in [0.29, 0.717) is 24.1 Å². The van der Waals surface area contributed by atoms with Crippen LogP contribution in [0.2, 0.25) is 0 Å². The number of aryl methyl sites for hydroxylation is 1. The summed E-state index contributed by atoms with van der Waals surface area (Å²) in [6.07, 6.45) is 1.74. The summed E-state index contributed by atoms with van der Waals surface area (Å²) in [4.78, 5) is 18.1. The summed E-state index contributed by atoms with van der Waals surface area (Å²) in [5.41, 5.74) is 2.59. The SMILES string of the molecule is Cc1cc([C@@H](C)N[S+]([O-])C(C)(C)C)c2nc(C3CCOCC3)n(C)c(=O)c2c1. The number of nitrogens with zero attached hydrogens (tertiary/aromatic N) is 2. The first kappa shape index (κ1) is 21.3. The van der Waals surface area contributed by atoms with Gasteiger partial charge in [-0.05, 0) is 59.1 Å². The molecule has 0 spiro atoms. The van der Waals surface area contributed by atoms with E-state index in [4.69, 9.17) is 9.72 Å². The molecule has 28 heavy (non-hydrogen) atoms. The summed E-state index contributed by atoms with van der Waals surface area (Å²) in [5, 5.41) is 0.614. The third-order valence-corrected chi connectivity index (χ3v) is 6.96. The van der Waals surface area contributed by atoms with Crippen LogP contribution in [0.4, 0.5) is 0 Å². The van der Waals surface area contributed by atoms with Gasteiger partial charge in [-0.2, -0.15) is 0 Å². The zero-order valence-corrected chi connectivity index (χ0v) is 18.5. The van der Waals surface area contributed by atoms with Crippen molar-refractivity contribution < 1.29 is 9.29 Å². The van der Waals surface area contributed by atoms with Crippen molar-refractivity contribution in [3.05, 3.63) is 39.4 Å². The predicted molar refractivity (Wildman–Crippen MR) is 114 cm³/mol. The smallest absolute Gasteiger partial charge is 0.261 e. The number of nitrogens with one attached hydrogen (secondary N) is 1. The van der Waals surface area contributed by atoms with E-state index in [1.807, 2.05) is 46.8 Å². The lowest BCUT2D eigenvalue weighted by molar-refractivity contribution is 0.0828. The highest BCUT2D eigenvalue weighted by atomic mass is 32.2. The molecule has 1 N–H and O–H groups in total. The van der Waals surface area contributed by atoms with E-state index >= 15 is 0 Å². The monoisotopic (exact) mass is 405 g/mol. The lowest BCUT2D eigenvalue weighted by Gasteiger charge is -2.27. The van der Waals surface area contributed by atoms with Gasteiger partial charge >= 0.3 is 0 Å². The molecular weight excluding hydrogens is 374 g/mol. The average molecular weight is 406 g/mol. The number of fused-ring (bicyclic) bond motifs is 1. The third-order valence-electron chi connectivity index (χ3n) is 5.28. The van der Waals surface area contributed by atoms with Crippen LogP contribution in [-0.2, 0) is 23.1 Å². The van der Waals surface area contributed by atoms with Crippen LogP contribution in [0.15, 0.2) is 16.9 Å². The van der Waals surface area contributed by atoms with Crippen LogP contribution in [0.25, 0.3) is 10.9 Å². The second kappa shape index (κ2) is 8.14. The zero-order chi connectivity index (χ0) is 20.6. The minimum atomic E-state index is -1.21. The zero-order valence-electron chi connectivity index (χ0n) is 17.7. The molecule has 1 aromatic carbocycles. The molecule has 0 bridgehead atoms. The van der Waals surface area contributed by atoms with Crippen molar-refractivity contribution >= 4 is 22.3 Å². The summed E-state index contributed by atoms with van der Waals surface area (Å²) in [6, 6.07) is 3.75. The molecule has 2 heterocycles. The second-order valence-corrected chi connectivity index (χ2v) is 10.7. The van der Waals surface area contributed by atoms with Crippen LogP contribution in [0.5, 0.6) is 0 Å². The molecule has 1 aliphatic heterocycles. The molecule has 0 aliphatic carbocycles. The quantitative estimate of drug-likeness (QED) is 0.790. The maximum Gasteiger partial charge on any atom is 0.261 e. The van der Waals surface area contributed by atoms with Gasteiger partial charge < -0.3 is 9.29 Å². The van der Waals surface area contributed by atoms with E-state index in [0.717, 1.165) is 29.8 Å². The molecule has 2 aromatic rings. The second-order valence-electron chi connectivity index (χ2n) is 8.69. The van der Waals surface area contributed by atoms with Crippen LogP contribution in [0, 0.1) is 6.92 Å². The van der Waals surface area contributed by atoms with E-state index in [2.05, 4.69) is 4.72 Å². The van der Waals surface area contributed by atoms with Gasteiger partial charge in [-0.15, -0.1) is 4.72 Å². The Morgan fingerprint density at radius 1 is 1.32 bits per heavy atom. The number of rotatable bonds is 4. The third kappa shape index (κ3) is 4.27. The number of hydrogen-bond donors (Lipinski definition) is 1. The highest BCUT2D eigenvalue weighted by Crippen LogP contribution is 2.29. The maximum atomic E-state index is 13.1. The van der Waals surface area contributed by atoms with Crippen molar-refractivity contribution in [3.63, 3.8) is 0 Å². The van der Waals surface area contributed by atoms with Crippen LogP contribution < -0.4 is 10.3 Å². The number of hydrogen-bond acceptors (Lipinski definition) is 5. The van der Waals surface area contributed by atoms with E-state index in [-0.39, 0.29) is 22.3 Å². The largest absolute Gasteiger partial charge is 0.598 e. The van der Waals surface area contributed by atoms with Crippen molar-refractivity contribution in [2.24, 2.45) is 7.05 Å². The predicted octanol–water partition coefficient (Wildman–Crippen LogP) is 3.25. The lowest BCUT2D eigenvalue weighted by atomic mass is 9.97. The molecule has 7 heteroatoms. The fraction of sp³-hybridized carbons (Fsp3) is 0.619. The molecular formula is C21H31N3O3S. The fourth-order valence-corrected chi connectivity index (χ4v) is 4.42. The van der Waals surface area contributed by atoms with Gasteiger partial charge in [-0.3, -0.25) is 9.36 Å². The summed E-state index contributed by atoms with van der Waals surface area (Å²) >= 11 is -1.21.